The number of rotatable bonds is 1. The van der Waals surface area contributed by atoms with Gasteiger partial charge in [-0.15, -0.1) is 0 Å². The highest BCUT2D eigenvalue weighted by Gasteiger charge is 2.20. The molecule has 1 aliphatic rings. The fourth-order valence-corrected chi connectivity index (χ4v) is 1.42. The molecule has 1 aromatic heterocycles. The summed E-state index contributed by atoms with van der Waals surface area (Å²) >= 11 is 0. The summed E-state index contributed by atoms with van der Waals surface area (Å²) in [6.07, 6.45) is 2.10. The van der Waals surface area contributed by atoms with Gasteiger partial charge in [-0.3, -0.25) is 0 Å². The minimum atomic E-state index is -0.913. The van der Waals surface area contributed by atoms with E-state index in [0.717, 1.165) is 24.3 Å². The summed E-state index contributed by atoms with van der Waals surface area (Å²) in [7, 11) is 0. The van der Waals surface area contributed by atoms with Gasteiger partial charge in [-0.25, -0.2) is 4.79 Å². The van der Waals surface area contributed by atoms with Gasteiger partial charge in [-0.05, 0) is 0 Å². The van der Waals surface area contributed by atoms with E-state index in [1.807, 2.05) is 0 Å². The zero-order chi connectivity index (χ0) is 8.55. The molecule has 4 nitrogen and oxygen atoms in total. The number of hydrogen-bond donors (Lipinski definition) is 2. The zero-order valence-electron chi connectivity index (χ0n) is 6.46. The van der Waals surface area contributed by atoms with Crippen LogP contribution in [0, 0.1) is 0 Å². The molecule has 0 unspecified atom stereocenters. The number of aromatic carboxylic acids is 1. The van der Waals surface area contributed by atoms with E-state index in [1.165, 1.54) is 6.26 Å². The molecule has 0 bridgehead atoms. The molecular weight excluding hydrogens is 158 g/mol. The van der Waals surface area contributed by atoms with Gasteiger partial charge in [-0.2, -0.15) is 0 Å². The summed E-state index contributed by atoms with van der Waals surface area (Å²) in [5, 5.41) is 11.8. The Kier molecular flexibility index (Phi) is 1.62. The Hall–Kier alpha value is -1.29. The van der Waals surface area contributed by atoms with Crippen LogP contribution < -0.4 is 5.32 Å². The molecule has 0 amide bonds. The Balaban J connectivity index is 2.44. The van der Waals surface area contributed by atoms with E-state index in [1.54, 1.807) is 0 Å². The molecular formula is C8H9NO3. The van der Waals surface area contributed by atoms with Crippen LogP contribution >= 0.6 is 0 Å². The number of carboxylic acid groups (broad SMARTS) is 1. The monoisotopic (exact) mass is 167 g/mol. The van der Waals surface area contributed by atoms with Crippen LogP contribution in [0.3, 0.4) is 0 Å². The highest BCUT2D eigenvalue weighted by atomic mass is 16.4. The number of nitrogens with one attached hydrogen (secondary N) is 1. The first-order chi connectivity index (χ1) is 5.79. The van der Waals surface area contributed by atoms with Crippen molar-refractivity contribution in [2.75, 3.05) is 6.54 Å². The fraction of sp³-hybridized carbons (Fsp3) is 0.375. The van der Waals surface area contributed by atoms with E-state index in [0.29, 0.717) is 6.54 Å². The van der Waals surface area contributed by atoms with Crippen LogP contribution in [0.5, 0.6) is 0 Å². The number of hydrogen-bond acceptors (Lipinski definition) is 3. The third kappa shape index (κ3) is 1.00. The summed E-state index contributed by atoms with van der Waals surface area (Å²) in [5.74, 6) is -0.102. The molecule has 4 heteroatoms. The minimum Gasteiger partial charge on any atom is -0.478 e. The molecule has 0 aliphatic carbocycles. The van der Waals surface area contributed by atoms with Gasteiger partial charge in [0.25, 0.3) is 0 Å². The van der Waals surface area contributed by atoms with E-state index >= 15 is 0 Å². The number of carbonyl (C=O) groups is 1. The lowest BCUT2D eigenvalue weighted by atomic mass is 10.1. The van der Waals surface area contributed by atoms with Crippen molar-refractivity contribution in [1.29, 1.82) is 0 Å². The second-order valence-corrected chi connectivity index (χ2v) is 2.78. The van der Waals surface area contributed by atoms with Crippen molar-refractivity contribution in [3.8, 4) is 0 Å². The van der Waals surface area contributed by atoms with Crippen molar-refractivity contribution in [2.24, 2.45) is 0 Å². The number of fused-ring (bicyclic) bond motifs is 1. The molecule has 1 aromatic rings. The topological polar surface area (TPSA) is 62.5 Å². The van der Waals surface area contributed by atoms with E-state index in [4.69, 9.17) is 9.52 Å². The Morgan fingerprint density at radius 1 is 1.67 bits per heavy atom. The highest BCUT2D eigenvalue weighted by molar-refractivity contribution is 5.89. The maximum atomic E-state index is 10.6. The molecule has 0 saturated heterocycles. The molecule has 0 saturated carbocycles. The van der Waals surface area contributed by atoms with E-state index in [2.05, 4.69) is 5.32 Å². The van der Waals surface area contributed by atoms with Gasteiger partial charge in [0.1, 0.15) is 17.6 Å². The summed E-state index contributed by atoms with van der Waals surface area (Å²) < 4.78 is 5.13. The van der Waals surface area contributed by atoms with Crippen molar-refractivity contribution in [2.45, 2.75) is 13.0 Å². The lowest BCUT2D eigenvalue weighted by Gasteiger charge is -2.11. The van der Waals surface area contributed by atoms with Crippen molar-refractivity contribution < 1.29 is 14.3 Å². The smallest absolute Gasteiger partial charge is 0.339 e. The Morgan fingerprint density at radius 3 is 3.25 bits per heavy atom. The first kappa shape index (κ1) is 7.36. The number of carboxylic acids is 1. The highest BCUT2D eigenvalue weighted by Crippen LogP contribution is 2.20. The molecule has 1 aliphatic heterocycles. The quantitative estimate of drug-likeness (QED) is 0.643. The molecule has 0 fully saturated rings. The lowest BCUT2D eigenvalue weighted by molar-refractivity contribution is 0.0695. The average Bonchev–Trinajstić information content (AvgIpc) is 2.47. The van der Waals surface area contributed by atoms with E-state index < -0.39 is 5.97 Å². The van der Waals surface area contributed by atoms with Crippen LogP contribution in [0.1, 0.15) is 21.7 Å². The standard InChI is InChI=1S/C8H9NO3/c10-8(11)6-4-12-7-1-2-9-3-5(6)7/h4,9H,1-3H2,(H,10,11). The zero-order valence-corrected chi connectivity index (χ0v) is 6.46. The first-order valence-corrected chi connectivity index (χ1v) is 3.82. The predicted molar refractivity (Wildman–Crippen MR) is 41.1 cm³/mol. The molecule has 0 spiro atoms. The van der Waals surface area contributed by atoms with Crippen LogP contribution in [0.15, 0.2) is 10.7 Å². The Labute approximate surface area is 69.2 Å². The Morgan fingerprint density at radius 2 is 2.50 bits per heavy atom. The molecule has 0 atom stereocenters. The summed E-state index contributed by atoms with van der Waals surface area (Å²) in [6, 6.07) is 0. The normalized spacial score (nSPS) is 15.7. The van der Waals surface area contributed by atoms with Gasteiger partial charge in [0.2, 0.25) is 0 Å². The second-order valence-electron chi connectivity index (χ2n) is 2.78. The second kappa shape index (κ2) is 2.64. The summed E-state index contributed by atoms with van der Waals surface area (Å²) in [6.45, 7) is 1.47. The molecule has 2 rings (SSSR count). The molecule has 2 heterocycles. The molecule has 0 aromatic carbocycles. The summed E-state index contributed by atoms with van der Waals surface area (Å²) in [4.78, 5) is 10.6. The van der Waals surface area contributed by atoms with Gasteiger partial charge in [0, 0.05) is 25.1 Å². The maximum absolute atomic E-state index is 10.6. The minimum absolute atomic E-state index is 0.289. The summed E-state index contributed by atoms with van der Waals surface area (Å²) in [5.41, 5.74) is 1.09. The van der Waals surface area contributed by atoms with Gasteiger partial charge in [0.15, 0.2) is 0 Å². The SMILES string of the molecule is O=C(O)c1coc2c1CNCC2. The van der Waals surface area contributed by atoms with Crippen LogP contribution in [-0.4, -0.2) is 17.6 Å². The van der Waals surface area contributed by atoms with Crippen molar-refractivity contribution in [3.05, 3.63) is 23.2 Å². The van der Waals surface area contributed by atoms with Gasteiger partial charge >= 0.3 is 5.97 Å². The maximum Gasteiger partial charge on any atom is 0.339 e. The average molecular weight is 167 g/mol. The van der Waals surface area contributed by atoms with Crippen LogP contribution in [0.4, 0.5) is 0 Å². The first-order valence-electron chi connectivity index (χ1n) is 3.82. The van der Waals surface area contributed by atoms with Crippen molar-refractivity contribution in [3.63, 3.8) is 0 Å². The van der Waals surface area contributed by atoms with Crippen LogP contribution in [-0.2, 0) is 13.0 Å². The van der Waals surface area contributed by atoms with Crippen LogP contribution in [0.25, 0.3) is 0 Å². The van der Waals surface area contributed by atoms with Gasteiger partial charge in [0.05, 0.1) is 0 Å². The molecule has 64 valence electrons. The number of furan rings is 1. The Bertz CT molecular complexity index is 316. The largest absolute Gasteiger partial charge is 0.478 e. The van der Waals surface area contributed by atoms with Crippen molar-refractivity contribution in [1.82, 2.24) is 5.32 Å². The van der Waals surface area contributed by atoms with E-state index in [9.17, 15) is 4.79 Å². The van der Waals surface area contributed by atoms with Crippen LogP contribution in [0.2, 0.25) is 0 Å². The van der Waals surface area contributed by atoms with Gasteiger partial charge < -0.3 is 14.8 Å². The molecule has 2 N–H and O–H groups in total. The molecule has 0 radical (unpaired) electrons. The lowest BCUT2D eigenvalue weighted by Crippen LogP contribution is -2.23. The van der Waals surface area contributed by atoms with Crippen molar-refractivity contribution >= 4 is 5.97 Å². The molecule has 12 heavy (non-hydrogen) atoms. The fourth-order valence-electron chi connectivity index (χ4n) is 1.42. The van der Waals surface area contributed by atoms with Gasteiger partial charge in [-0.1, -0.05) is 0 Å². The third-order valence-corrected chi connectivity index (χ3v) is 2.04. The third-order valence-electron chi connectivity index (χ3n) is 2.04. The van der Waals surface area contributed by atoms with E-state index in [-0.39, 0.29) is 5.56 Å². The predicted octanol–water partition coefficient (Wildman–Crippen LogP) is 0.624.